The highest BCUT2D eigenvalue weighted by Crippen LogP contribution is 2.24. The third-order valence-corrected chi connectivity index (χ3v) is 2.89. The maximum Gasteiger partial charge on any atom is 0.339 e. The first-order valence-corrected chi connectivity index (χ1v) is 5.92. The minimum atomic E-state index is -2.97. The zero-order chi connectivity index (χ0) is 14.0. The SMILES string of the molecule is O=C(O)c1cnc(-c2ccc(Br)cc2)nc1C(F)F. The van der Waals surface area contributed by atoms with Crippen LogP contribution in [0.2, 0.25) is 0 Å². The molecule has 0 saturated heterocycles. The Labute approximate surface area is 115 Å². The highest BCUT2D eigenvalue weighted by atomic mass is 79.9. The summed E-state index contributed by atoms with van der Waals surface area (Å²) in [5.41, 5.74) is -0.835. The Bertz CT molecular complexity index is 618. The lowest BCUT2D eigenvalue weighted by Gasteiger charge is -2.06. The first kappa shape index (κ1) is 13.5. The lowest BCUT2D eigenvalue weighted by Crippen LogP contribution is -2.07. The lowest BCUT2D eigenvalue weighted by molar-refractivity contribution is 0.0681. The molecule has 4 nitrogen and oxygen atoms in total. The summed E-state index contributed by atoms with van der Waals surface area (Å²) in [6.07, 6.45) is -2.07. The number of halogens is 3. The Hall–Kier alpha value is -1.89. The van der Waals surface area contributed by atoms with Crippen LogP contribution in [0.15, 0.2) is 34.9 Å². The standard InChI is InChI=1S/C12H7BrF2N2O2/c13-7-3-1-6(2-4-7)11-16-5-8(12(18)19)9(17-11)10(14)15/h1-5,10H,(H,18,19). The summed E-state index contributed by atoms with van der Waals surface area (Å²) in [5, 5.41) is 8.79. The van der Waals surface area contributed by atoms with Gasteiger partial charge in [-0.2, -0.15) is 0 Å². The smallest absolute Gasteiger partial charge is 0.339 e. The number of nitrogens with zero attached hydrogens (tertiary/aromatic N) is 2. The van der Waals surface area contributed by atoms with Gasteiger partial charge in [-0.15, -0.1) is 0 Å². The number of carbonyl (C=O) groups is 1. The third-order valence-electron chi connectivity index (χ3n) is 2.36. The molecule has 7 heteroatoms. The van der Waals surface area contributed by atoms with Crippen LogP contribution in [0.5, 0.6) is 0 Å². The Morgan fingerprint density at radius 1 is 1.26 bits per heavy atom. The highest BCUT2D eigenvalue weighted by molar-refractivity contribution is 9.10. The number of aromatic carboxylic acids is 1. The van der Waals surface area contributed by atoms with Crippen molar-refractivity contribution in [2.75, 3.05) is 0 Å². The normalized spacial score (nSPS) is 10.7. The van der Waals surface area contributed by atoms with Crippen molar-refractivity contribution < 1.29 is 18.7 Å². The van der Waals surface area contributed by atoms with E-state index in [0.717, 1.165) is 10.7 Å². The van der Waals surface area contributed by atoms with E-state index in [0.29, 0.717) is 5.56 Å². The molecule has 0 saturated carbocycles. The Morgan fingerprint density at radius 2 is 1.89 bits per heavy atom. The molecule has 1 aromatic carbocycles. The molecule has 19 heavy (non-hydrogen) atoms. The second-order valence-corrected chi connectivity index (χ2v) is 4.52. The molecule has 0 aliphatic carbocycles. The summed E-state index contributed by atoms with van der Waals surface area (Å²) < 4.78 is 26.4. The number of benzene rings is 1. The fourth-order valence-corrected chi connectivity index (χ4v) is 1.73. The first-order chi connectivity index (χ1) is 8.99. The lowest BCUT2D eigenvalue weighted by atomic mass is 10.2. The largest absolute Gasteiger partial charge is 0.478 e. The molecule has 98 valence electrons. The molecule has 1 heterocycles. The zero-order valence-corrected chi connectivity index (χ0v) is 10.9. The average Bonchev–Trinajstić information content (AvgIpc) is 2.38. The van der Waals surface area contributed by atoms with E-state index in [9.17, 15) is 13.6 Å². The second kappa shape index (κ2) is 5.40. The molecule has 0 aliphatic heterocycles. The quantitative estimate of drug-likeness (QED) is 0.935. The molecule has 0 spiro atoms. The van der Waals surface area contributed by atoms with Crippen LogP contribution in [-0.2, 0) is 0 Å². The van der Waals surface area contributed by atoms with Crippen molar-refractivity contribution in [1.29, 1.82) is 0 Å². The number of alkyl halides is 2. The van der Waals surface area contributed by atoms with Crippen LogP contribution in [0.3, 0.4) is 0 Å². The van der Waals surface area contributed by atoms with Crippen molar-refractivity contribution in [3.8, 4) is 11.4 Å². The van der Waals surface area contributed by atoms with Gasteiger partial charge in [0.2, 0.25) is 0 Å². The number of hydrogen-bond donors (Lipinski definition) is 1. The molecule has 1 N–H and O–H groups in total. The molecule has 0 fully saturated rings. The number of hydrogen-bond acceptors (Lipinski definition) is 3. The van der Waals surface area contributed by atoms with Gasteiger partial charge in [-0.3, -0.25) is 0 Å². The van der Waals surface area contributed by atoms with Crippen LogP contribution in [0.1, 0.15) is 22.5 Å². The van der Waals surface area contributed by atoms with Gasteiger partial charge in [0.15, 0.2) is 5.82 Å². The molecule has 0 bridgehead atoms. The van der Waals surface area contributed by atoms with Gasteiger partial charge in [0.05, 0.1) is 0 Å². The van der Waals surface area contributed by atoms with Gasteiger partial charge < -0.3 is 5.11 Å². The zero-order valence-electron chi connectivity index (χ0n) is 9.35. The number of rotatable bonds is 3. The maximum atomic E-state index is 12.8. The van der Waals surface area contributed by atoms with E-state index in [1.165, 1.54) is 0 Å². The van der Waals surface area contributed by atoms with E-state index in [4.69, 9.17) is 5.11 Å². The molecule has 0 radical (unpaired) electrons. The summed E-state index contributed by atoms with van der Waals surface area (Å²) in [6.45, 7) is 0. The average molecular weight is 329 g/mol. The molecule has 0 unspecified atom stereocenters. The van der Waals surface area contributed by atoms with Gasteiger partial charge in [-0.1, -0.05) is 28.1 Å². The van der Waals surface area contributed by atoms with Crippen molar-refractivity contribution in [2.24, 2.45) is 0 Å². The monoisotopic (exact) mass is 328 g/mol. The van der Waals surface area contributed by atoms with Crippen LogP contribution < -0.4 is 0 Å². The van der Waals surface area contributed by atoms with Crippen molar-refractivity contribution in [2.45, 2.75) is 6.43 Å². The van der Waals surface area contributed by atoms with E-state index in [1.807, 2.05) is 0 Å². The molecule has 0 atom stereocenters. The minimum absolute atomic E-state index is 0.0628. The summed E-state index contributed by atoms with van der Waals surface area (Å²) in [4.78, 5) is 18.2. The molecular weight excluding hydrogens is 322 g/mol. The van der Waals surface area contributed by atoms with Crippen LogP contribution >= 0.6 is 15.9 Å². The minimum Gasteiger partial charge on any atom is -0.478 e. The van der Waals surface area contributed by atoms with E-state index >= 15 is 0 Å². The van der Waals surface area contributed by atoms with Crippen molar-refractivity contribution in [3.63, 3.8) is 0 Å². The number of carboxylic acid groups (broad SMARTS) is 1. The Kier molecular flexibility index (Phi) is 3.84. The van der Waals surface area contributed by atoms with Gasteiger partial charge in [0.1, 0.15) is 11.3 Å². The number of carboxylic acids is 1. The van der Waals surface area contributed by atoms with Crippen LogP contribution in [0.25, 0.3) is 11.4 Å². The van der Waals surface area contributed by atoms with Gasteiger partial charge in [-0.05, 0) is 12.1 Å². The molecule has 2 aromatic rings. The van der Waals surface area contributed by atoms with E-state index in [1.54, 1.807) is 24.3 Å². The van der Waals surface area contributed by atoms with Crippen molar-refractivity contribution >= 4 is 21.9 Å². The van der Waals surface area contributed by atoms with Gasteiger partial charge in [0, 0.05) is 16.2 Å². The summed E-state index contributed by atoms with van der Waals surface area (Å²) in [6, 6.07) is 6.72. The van der Waals surface area contributed by atoms with Crippen LogP contribution in [-0.4, -0.2) is 21.0 Å². The Morgan fingerprint density at radius 3 is 2.42 bits per heavy atom. The van der Waals surface area contributed by atoms with Gasteiger partial charge in [-0.25, -0.2) is 23.5 Å². The van der Waals surface area contributed by atoms with E-state index < -0.39 is 23.7 Å². The second-order valence-electron chi connectivity index (χ2n) is 3.61. The molecule has 0 aliphatic rings. The first-order valence-electron chi connectivity index (χ1n) is 5.13. The third kappa shape index (κ3) is 2.93. The fraction of sp³-hybridized carbons (Fsp3) is 0.0833. The van der Waals surface area contributed by atoms with Crippen molar-refractivity contribution in [1.82, 2.24) is 9.97 Å². The van der Waals surface area contributed by atoms with E-state index in [-0.39, 0.29) is 5.82 Å². The predicted molar refractivity (Wildman–Crippen MR) is 67.1 cm³/mol. The topological polar surface area (TPSA) is 63.1 Å². The maximum absolute atomic E-state index is 12.8. The highest BCUT2D eigenvalue weighted by Gasteiger charge is 2.21. The molecule has 2 rings (SSSR count). The summed E-state index contributed by atoms with van der Waals surface area (Å²) in [7, 11) is 0. The molecule has 0 amide bonds. The van der Waals surface area contributed by atoms with E-state index in [2.05, 4.69) is 25.9 Å². The molecular formula is C12H7BrF2N2O2. The Balaban J connectivity index is 2.52. The molecule has 1 aromatic heterocycles. The number of aromatic nitrogens is 2. The summed E-state index contributed by atoms with van der Waals surface area (Å²) >= 11 is 3.25. The predicted octanol–water partition coefficient (Wildman–Crippen LogP) is 3.54. The van der Waals surface area contributed by atoms with Gasteiger partial charge in [0.25, 0.3) is 6.43 Å². The van der Waals surface area contributed by atoms with Crippen LogP contribution in [0, 0.1) is 0 Å². The summed E-state index contributed by atoms with van der Waals surface area (Å²) in [5.74, 6) is -1.41. The fourth-order valence-electron chi connectivity index (χ4n) is 1.46. The van der Waals surface area contributed by atoms with Crippen LogP contribution in [0.4, 0.5) is 8.78 Å². The van der Waals surface area contributed by atoms with Gasteiger partial charge >= 0.3 is 5.97 Å². The van der Waals surface area contributed by atoms with Crippen molar-refractivity contribution in [3.05, 3.63) is 46.2 Å².